The van der Waals surface area contributed by atoms with Crippen LogP contribution in [0, 0.1) is 0 Å². The maximum atomic E-state index is 11.6. The van der Waals surface area contributed by atoms with Crippen molar-refractivity contribution in [3.8, 4) is 0 Å². The van der Waals surface area contributed by atoms with Crippen LogP contribution in [0.1, 0.15) is 35.1 Å². The van der Waals surface area contributed by atoms with Crippen LogP contribution in [-0.2, 0) is 40.0 Å². The van der Waals surface area contributed by atoms with E-state index in [0.29, 0.717) is 18.6 Å². The minimum Gasteiger partial charge on any atom is -0.347 e. The summed E-state index contributed by atoms with van der Waals surface area (Å²) in [6.07, 6.45) is 5.09. The summed E-state index contributed by atoms with van der Waals surface area (Å²) in [6.45, 7) is 1.43. The molecule has 1 spiro atoms. The molecule has 3 heteroatoms. The van der Waals surface area contributed by atoms with Gasteiger partial charge in [0, 0.05) is 25.7 Å². The fraction of sp³-hybridized carbons (Fsp3) is 0.562. The molecule has 3 aliphatic rings. The van der Waals surface area contributed by atoms with Crippen LogP contribution in [0.15, 0.2) is 12.1 Å². The number of hydrogen-bond acceptors (Lipinski definition) is 3. The van der Waals surface area contributed by atoms with Crippen LogP contribution in [0.2, 0.25) is 0 Å². The Morgan fingerprint density at radius 1 is 0.947 bits per heavy atom. The third-order valence-corrected chi connectivity index (χ3v) is 4.70. The standard InChI is InChI=1S/C16H18O3/c17-13-3-4-14-11(9-13)1-2-12-10-16(6-5-15(12)14)18-7-8-19-16/h1-2H,3-10H2. The van der Waals surface area contributed by atoms with Crippen molar-refractivity contribution in [3.05, 3.63) is 34.4 Å². The van der Waals surface area contributed by atoms with Gasteiger partial charge >= 0.3 is 0 Å². The highest BCUT2D eigenvalue weighted by Gasteiger charge is 2.40. The van der Waals surface area contributed by atoms with E-state index in [9.17, 15) is 4.79 Å². The number of rotatable bonds is 0. The van der Waals surface area contributed by atoms with Gasteiger partial charge in [0.25, 0.3) is 0 Å². The molecule has 0 amide bonds. The van der Waals surface area contributed by atoms with Crippen LogP contribution in [0.5, 0.6) is 0 Å². The Bertz CT molecular complexity index is 541. The van der Waals surface area contributed by atoms with Gasteiger partial charge in [-0.3, -0.25) is 4.79 Å². The molecule has 1 saturated heterocycles. The average molecular weight is 258 g/mol. The summed E-state index contributed by atoms with van der Waals surface area (Å²) in [7, 11) is 0. The highest BCUT2D eigenvalue weighted by Crippen LogP contribution is 2.38. The topological polar surface area (TPSA) is 35.5 Å². The molecule has 0 saturated carbocycles. The first-order valence-electron chi connectivity index (χ1n) is 7.18. The molecule has 0 atom stereocenters. The predicted octanol–water partition coefficient (Wildman–Crippen LogP) is 1.98. The number of ketones is 1. The minimum absolute atomic E-state index is 0.355. The molecule has 0 aromatic heterocycles. The lowest BCUT2D eigenvalue weighted by molar-refractivity contribution is -0.163. The van der Waals surface area contributed by atoms with Crippen LogP contribution in [0.3, 0.4) is 0 Å². The van der Waals surface area contributed by atoms with Gasteiger partial charge in [0.1, 0.15) is 5.78 Å². The molecule has 1 fully saturated rings. The van der Waals surface area contributed by atoms with Gasteiger partial charge in [-0.05, 0) is 35.1 Å². The zero-order valence-corrected chi connectivity index (χ0v) is 11.0. The van der Waals surface area contributed by atoms with E-state index in [4.69, 9.17) is 9.47 Å². The SMILES string of the molecule is O=C1CCc2c(ccc3c2CCC2(C3)OCCO2)C1. The van der Waals surface area contributed by atoms with E-state index in [1.54, 1.807) is 0 Å². The van der Waals surface area contributed by atoms with Gasteiger partial charge < -0.3 is 9.47 Å². The van der Waals surface area contributed by atoms with Crippen molar-refractivity contribution >= 4 is 5.78 Å². The number of carbonyl (C=O) groups is 1. The molecule has 0 radical (unpaired) electrons. The second kappa shape index (κ2) is 4.15. The summed E-state index contributed by atoms with van der Waals surface area (Å²) < 4.78 is 11.6. The Morgan fingerprint density at radius 3 is 2.53 bits per heavy atom. The van der Waals surface area contributed by atoms with Crippen LogP contribution < -0.4 is 0 Å². The molecule has 0 unspecified atom stereocenters. The highest BCUT2D eigenvalue weighted by atomic mass is 16.7. The number of benzene rings is 1. The van der Waals surface area contributed by atoms with Gasteiger partial charge in [0.2, 0.25) is 0 Å². The molecule has 4 rings (SSSR count). The molecule has 1 aliphatic heterocycles. The third kappa shape index (κ3) is 1.84. The Hall–Kier alpha value is -1.19. The summed E-state index contributed by atoms with van der Waals surface area (Å²) in [4.78, 5) is 11.6. The van der Waals surface area contributed by atoms with Crippen molar-refractivity contribution in [1.82, 2.24) is 0 Å². The number of ether oxygens (including phenoxy) is 2. The lowest BCUT2D eigenvalue weighted by atomic mass is 9.78. The average Bonchev–Trinajstić information content (AvgIpc) is 2.86. The molecular weight excluding hydrogens is 240 g/mol. The Morgan fingerprint density at radius 2 is 1.68 bits per heavy atom. The number of carbonyl (C=O) groups excluding carboxylic acids is 1. The summed E-state index contributed by atoms with van der Waals surface area (Å²) in [5.74, 6) is 0.0216. The Labute approximate surface area is 112 Å². The summed E-state index contributed by atoms with van der Waals surface area (Å²) in [5.41, 5.74) is 5.51. The number of fused-ring (bicyclic) bond motifs is 3. The molecular formula is C16H18O3. The van der Waals surface area contributed by atoms with Crippen LogP contribution in [0.25, 0.3) is 0 Å². The summed E-state index contributed by atoms with van der Waals surface area (Å²) in [5, 5.41) is 0. The maximum Gasteiger partial charge on any atom is 0.172 e. The van der Waals surface area contributed by atoms with Crippen LogP contribution >= 0.6 is 0 Å². The van der Waals surface area contributed by atoms with Gasteiger partial charge in [-0.1, -0.05) is 12.1 Å². The maximum absolute atomic E-state index is 11.6. The quantitative estimate of drug-likeness (QED) is 0.714. The fourth-order valence-corrected chi connectivity index (χ4v) is 3.75. The molecule has 0 bridgehead atoms. The van der Waals surface area contributed by atoms with Crippen molar-refractivity contribution in [2.24, 2.45) is 0 Å². The van der Waals surface area contributed by atoms with Gasteiger partial charge in [-0.15, -0.1) is 0 Å². The molecule has 100 valence electrons. The Balaban J connectivity index is 1.72. The van der Waals surface area contributed by atoms with E-state index in [2.05, 4.69) is 12.1 Å². The third-order valence-electron chi connectivity index (χ3n) is 4.70. The molecule has 2 aliphatic carbocycles. The van der Waals surface area contributed by atoms with E-state index in [0.717, 1.165) is 38.9 Å². The van der Waals surface area contributed by atoms with Gasteiger partial charge in [0.15, 0.2) is 5.79 Å². The number of Topliss-reactive ketones (excluding diaryl/α,β-unsaturated/α-hetero) is 1. The molecule has 3 nitrogen and oxygen atoms in total. The Kier molecular flexibility index (Phi) is 2.54. The largest absolute Gasteiger partial charge is 0.347 e. The van der Waals surface area contributed by atoms with Gasteiger partial charge in [-0.25, -0.2) is 0 Å². The molecule has 19 heavy (non-hydrogen) atoms. The predicted molar refractivity (Wildman–Crippen MR) is 70.1 cm³/mol. The van der Waals surface area contributed by atoms with E-state index < -0.39 is 0 Å². The smallest absolute Gasteiger partial charge is 0.172 e. The van der Waals surface area contributed by atoms with E-state index in [-0.39, 0.29) is 5.79 Å². The first-order valence-corrected chi connectivity index (χ1v) is 7.18. The van der Waals surface area contributed by atoms with E-state index in [1.807, 2.05) is 0 Å². The summed E-state index contributed by atoms with van der Waals surface area (Å²) in [6, 6.07) is 4.32. The van der Waals surface area contributed by atoms with E-state index >= 15 is 0 Å². The zero-order valence-electron chi connectivity index (χ0n) is 11.0. The van der Waals surface area contributed by atoms with Gasteiger partial charge in [0.05, 0.1) is 13.2 Å². The minimum atomic E-state index is -0.355. The molecule has 1 heterocycles. The van der Waals surface area contributed by atoms with Crippen molar-refractivity contribution < 1.29 is 14.3 Å². The summed E-state index contributed by atoms with van der Waals surface area (Å²) >= 11 is 0. The fourth-order valence-electron chi connectivity index (χ4n) is 3.75. The normalized spacial score (nSPS) is 24.3. The van der Waals surface area contributed by atoms with Crippen LogP contribution in [-0.4, -0.2) is 24.8 Å². The second-order valence-corrected chi connectivity index (χ2v) is 5.84. The van der Waals surface area contributed by atoms with Gasteiger partial charge in [-0.2, -0.15) is 0 Å². The first kappa shape index (κ1) is 11.6. The molecule has 1 aromatic carbocycles. The highest BCUT2D eigenvalue weighted by molar-refractivity contribution is 5.83. The molecule has 1 aromatic rings. The van der Waals surface area contributed by atoms with E-state index in [1.165, 1.54) is 22.3 Å². The lowest BCUT2D eigenvalue weighted by Gasteiger charge is -2.35. The first-order chi connectivity index (χ1) is 9.26. The van der Waals surface area contributed by atoms with Crippen LogP contribution in [0.4, 0.5) is 0 Å². The molecule has 0 N–H and O–H groups in total. The van der Waals surface area contributed by atoms with Crippen molar-refractivity contribution in [1.29, 1.82) is 0 Å². The van der Waals surface area contributed by atoms with Crippen molar-refractivity contribution in [2.45, 2.75) is 44.3 Å². The monoisotopic (exact) mass is 258 g/mol. The number of hydrogen-bond donors (Lipinski definition) is 0. The lowest BCUT2D eigenvalue weighted by Crippen LogP contribution is -2.37. The van der Waals surface area contributed by atoms with Crippen molar-refractivity contribution in [2.75, 3.05) is 13.2 Å². The zero-order chi connectivity index (χ0) is 12.9. The van der Waals surface area contributed by atoms with Crippen molar-refractivity contribution in [3.63, 3.8) is 0 Å². The second-order valence-electron chi connectivity index (χ2n) is 5.84.